The number of hydrogen-bond donors (Lipinski definition) is 1. The fraction of sp³-hybridized carbons (Fsp3) is 0.400. The predicted molar refractivity (Wildman–Crippen MR) is 78.9 cm³/mol. The normalized spacial score (nSPS) is 14.6. The molecular formula is C15H18FN3O3. The van der Waals surface area contributed by atoms with Gasteiger partial charge in [-0.1, -0.05) is 12.1 Å². The third kappa shape index (κ3) is 3.81. The van der Waals surface area contributed by atoms with Gasteiger partial charge in [0.1, 0.15) is 5.82 Å². The topological polar surface area (TPSA) is 69.7 Å². The van der Waals surface area contributed by atoms with E-state index in [9.17, 15) is 18.8 Å². The Hall–Kier alpha value is -2.44. The van der Waals surface area contributed by atoms with Gasteiger partial charge in [-0.3, -0.25) is 14.4 Å². The van der Waals surface area contributed by atoms with Gasteiger partial charge in [-0.25, -0.2) is 4.39 Å². The van der Waals surface area contributed by atoms with Crippen molar-refractivity contribution in [1.29, 1.82) is 0 Å². The Labute approximate surface area is 127 Å². The Morgan fingerprint density at radius 1 is 1.14 bits per heavy atom. The number of ketones is 1. The van der Waals surface area contributed by atoms with Gasteiger partial charge in [-0.2, -0.15) is 0 Å². The van der Waals surface area contributed by atoms with Crippen molar-refractivity contribution < 1.29 is 18.8 Å². The molecule has 0 spiro atoms. The van der Waals surface area contributed by atoms with Crippen LogP contribution in [0.5, 0.6) is 0 Å². The van der Waals surface area contributed by atoms with Crippen LogP contribution < -0.4 is 10.2 Å². The zero-order valence-electron chi connectivity index (χ0n) is 12.3. The van der Waals surface area contributed by atoms with E-state index in [2.05, 4.69) is 5.32 Å². The molecule has 1 heterocycles. The number of amides is 2. The number of nitrogens with zero attached hydrogens (tertiary/aromatic N) is 2. The van der Waals surface area contributed by atoms with Crippen molar-refractivity contribution in [2.24, 2.45) is 0 Å². The minimum absolute atomic E-state index is 0.196. The molecule has 0 atom stereocenters. The minimum atomic E-state index is -0.765. The second-order valence-electron chi connectivity index (χ2n) is 5.06. The van der Waals surface area contributed by atoms with Crippen LogP contribution >= 0.6 is 0 Å². The third-order valence-corrected chi connectivity index (χ3v) is 3.55. The molecule has 1 fully saturated rings. The standard InChI is InChI=1S/C15H18FN3O3/c1-11(20)15(22)17-10-14(21)19-8-6-18(7-9-19)13-5-3-2-4-12(13)16/h2-5H,6-10H2,1H3,(H,17,22). The molecule has 0 radical (unpaired) electrons. The van der Waals surface area contributed by atoms with Crippen LogP contribution in [0.2, 0.25) is 0 Å². The van der Waals surface area contributed by atoms with E-state index < -0.39 is 11.7 Å². The summed E-state index contributed by atoms with van der Waals surface area (Å²) in [6.45, 7) is 2.89. The number of benzene rings is 1. The number of carbonyl (C=O) groups excluding carboxylic acids is 3. The van der Waals surface area contributed by atoms with Gasteiger partial charge in [0.05, 0.1) is 12.2 Å². The predicted octanol–water partition coefficient (Wildman–Crippen LogP) is 0.179. The van der Waals surface area contributed by atoms with Gasteiger partial charge in [0, 0.05) is 33.1 Å². The first-order chi connectivity index (χ1) is 10.5. The molecule has 1 N–H and O–H groups in total. The van der Waals surface area contributed by atoms with Crippen molar-refractivity contribution in [2.75, 3.05) is 37.6 Å². The first kappa shape index (κ1) is 15.9. The number of rotatable bonds is 4. The van der Waals surface area contributed by atoms with Crippen LogP contribution in [0.1, 0.15) is 6.92 Å². The summed E-state index contributed by atoms with van der Waals surface area (Å²) >= 11 is 0. The minimum Gasteiger partial charge on any atom is -0.366 e. The fourth-order valence-corrected chi connectivity index (χ4v) is 2.30. The average molecular weight is 307 g/mol. The molecule has 6 nitrogen and oxygen atoms in total. The third-order valence-electron chi connectivity index (χ3n) is 3.55. The number of halogens is 1. The molecule has 1 aliphatic heterocycles. The number of carbonyl (C=O) groups is 3. The molecule has 1 saturated heterocycles. The maximum atomic E-state index is 13.7. The van der Waals surface area contributed by atoms with Crippen molar-refractivity contribution in [3.63, 3.8) is 0 Å². The van der Waals surface area contributed by atoms with Crippen LogP contribution in [0.4, 0.5) is 10.1 Å². The van der Waals surface area contributed by atoms with Gasteiger partial charge in [-0.15, -0.1) is 0 Å². The Morgan fingerprint density at radius 2 is 1.77 bits per heavy atom. The summed E-state index contributed by atoms with van der Waals surface area (Å²) in [7, 11) is 0. The summed E-state index contributed by atoms with van der Waals surface area (Å²) in [5.41, 5.74) is 0.527. The van der Waals surface area contributed by atoms with Gasteiger partial charge in [0.25, 0.3) is 5.91 Å². The molecule has 1 aromatic rings. The molecule has 0 saturated carbocycles. The van der Waals surface area contributed by atoms with E-state index >= 15 is 0 Å². The number of Topliss-reactive ketones (excluding diaryl/α,β-unsaturated/α-hetero) is 1. The highest BCUT2D eigenvalue weighted by atomic mass is 19.1. The quantitative estimate of drug-likeness (QED) is 0.806. The smallest absolute Gasteiger partial charge is 0.287 e. The van der Waals surface area contributed by atoms with Gasteiger partial charge in [-0.05, 0) is 12.1 Å². The summed E-state index contributed by atoms with van der Waals surface area (Å²) in [5, 5.41) is 2.28. The van der Waals surface area contributed by atoms with Crippen molar-refractivity contribution in [2.45, 2.75) is 6.92 Å². The molecular weight excluding hydrogens is 289 g/mol. The SMILES string of the molecule is CC(=O)C(=O)NCC(=O)N1CCN(c2ccccc2F)CC1. The van der Waals surface area contributed by atoms with Gasteiger partial charge >= 0.3 is 0 Å². The summed E-state index contributed by atoms with van der Waals surface area (Å²) in [6.07, 6.45) is 0. The van der Waals surface area contributed by atoms with Crippen LogP contribution in [0, 0.1) is 5.82 Å². The Morgan fingerprint density at radius 3 is 2.36 bits per heavy atom. The van der Waals surface area contributed by atoms with Gasteiger partial charge in [0.15, 0.2) is 0 Å². The lowest BCUT2D eigenvalue weighted by molar-refractivity contribution is -0.138. The summed E-state index contributed by atoms with van der Waals surface area (Å²) < 4.78 is 13.7. The molecule has 2 rings (SSSR count). The lowest BCUT2D eigenvalue weighted by atomic mass is 10.2. The largest absolute Gasteiger partial charge is 0.366 e. The summed E-state index contributed by atoms with van der Waals surface area (Å²) in [4.78, 5) is 37.3. The van der Waals surface area contributed by atoms with Crippen LogP contribution in [0.15, 0.2) is 24.3 Å². The summed E-state index contributed by atoms with van der Waals surface area (Å²) in [6, 6.07) is 6.52. The van der Waals surface area contributed by atoms with E-state index in [0.29, 0.717) is 31.9 Å². The second-order valence-corrected chi connectivity index (χ2v) is 5.06. The van der Waals surface area contributed by atoms with Gasteiger partial charge in [0.2, 0.25) is 11.7 Å². The second kappa shape index (κ2) is 7.02. The molecule has 118 valence electrons. The molecule has 22 heavy (non-hydrogen) atoms. The fourth-order valence-electron chi connectivity index (χ4n) is 2.30. The number of anilines is 1. The van der Waals surface area contributed by atoms with E-state index in [-0.39, 0.29) is 18.3 Å². The molecule has 0 aliphatic carbocycles. The van der Waals surface area contributed by atoms with Crippen LogP contribution in [-0.2, 0) is 14.4 Å². The maximum absolute atomic E-state index is 13.7. The molecule has 0 unspecified atom stereocenters. The number of hydrogen-bond acceptors (Lipinski definition) is 4. The molecule has 0 aromatic heterocycles. The van der Waals surface area contributed by atoms with E-state index in [0.717, 1.165) is 6.92 Å². The highest BCUT2D eigenvalue weighted by Gasteiger charge is 2.23. The molecule has 1 aliphatic rings. The van der Waals surface area contributed by atoms with E-state index in [1.165, 1.54) is 6.07 Å². The zero-order valence-corrected chi connectivity index (χ0v) is 12.3. The number of nitrogens with one attached hydrogen (secondary N) is 1. The molecule has 0 bridgehead atoms. The highest BCUT2D eigenvalue weighted by molar-refractivity contribution is 6.35. The first-order valence-electron chi connectivity index (χ1n) is 7.05. The molecule has 7 heteroatoms. The zero-order chi connectivity index (χ0) is 16.1. The lowest BCUT2D eigenvalue weighted by Crippen LogP contribution is -2.51. The van der Waals surface area contributed by atoms with Crippen LogP contribution in [0.25, 0.3) is 0 Å². The number of piperazine rings is 1. The van der Waals surface area contributed by atoms with Crippen molar-refractivity contribution >= 4 is 23.3 Å². The van der Waals surface area contributed by atoms with E-state index in [1.807, 2.05) is 4.90 Å². The Balaban J connectivity index is 1.84. The average Bonchev–Trinajstić information content (AvgIpc) is 2.52. The lowest BCUT2D eigenvalue weighted by Gasteiger charge is -2.36. The van der Waals surface area contributed by atoms with Gasteiger partial charge < -0.3 is 15.1 Å². The highest BCUT2D eigenvalue weighted by Crippen LogP contribution is 2.19. The number of para-hydroxylation sites is 1. The first-order valence-corrected chi connectivity index (χ1v) is 7.05. The monoisotopic (exact) mass is 307 g/mol. The van der Waals surface area contributed by atoms with Crippen LogP contribution in [-0.4, -0.2) is 55.2 Å². The Kier molecular flexibility index (Phi) is 5.08. The Bertz CT molecular complexity index is 583. The van der Waals surface area contributed by atoms with Crippen molar-refractivity contribution in [1.82, 2.24) is 10.2 Å². The molecule has 1 aromatic carbocycles. The summed E-state index contributed by atoms with van der Waals surface area (Å²) in [5.74, 6) is -1.92. The van der Waals surface area contributed by atoms with Crippen molar-refractivity contribution in [3.05, 3.63) is 30.1 Å². The molecule has 2 amide bonds. The van der Waals surface area contributed by atoms with Crippen molar-refractivity contribution in [3.8, 4) is 0 Å². The van der Waals surface area contributed by atoms with Crippen LogP contribution in [0.3, 0.4) is 0 Å². The maximum Gasteiger partial charge on any atom is 0.287 e. The van der Waals surface area contributed by atoms with E-state index in [1.54, 1.807) is 23.1 Å². The van der Waals surface area contributed by atoms with E-state index in [4.69, 9.17) is 0 Å².